The van der Waals surface area contributed by atoms with Gasteiger partial charge in [-0.2, -0.15) is 0 Å². The van der Waals surface area contributed by atoms with Crippen molar-refractivity contribution in [2.75, 3.05) is 68.8 Å². The minimum atomic E-state index is 0.196. The molecule has 2 saturated heterocycles. The first kappa shape index (κ1) is 25.1. The summed E-state index contributed by atoms with van der Waals surface area (Å²) in [6.07, 6.45) is 8.61. The Balaban J connectivity index is 1.14. The van der Waals surface area contributed by atoms with E-state index in [4.69, 9.17) is 9.72 Å². The van der Waals surface area contributed by atoms with Crippen molar-refractivity contribution < 1.29 is 9.53 Å². The van der Waals surface area contributed by atoms with E-state index in [0.717, 1.165) is 88.6 Å². The second-order valence-electron chi connectivity index (χ2n) is 10.5. The molecule has 3 aliphatic rings. The van der Waals surface area contributed by atoms with E-state index in [1.165, 1.54) is 31.4 Å². The number of hydrogen-bond donors (Lipinski definition) is 2. The lowest BCUT2D eigenvalue weighted by atomic mass is 9.84. The maximum Gasteiger partial charge on any atom is 0.219 e. The Morgan fingerprint density at radius 1 is 1.03 bits per heavy atom. The van der Waals surface area contributed by atoms with Gasteiger partial charge >= 0.3 is 0 Å². The second-order valence-corrected chi connectivity index (χ2v) is 10.5. The molecular weight excluding hydrogens is 452 g/mol. The van der Waals surface area contributed by atoms with E-state index in [2.05, 4.69) is 49.3 Å². The number of rotatable bonds is 8. The van der Waals surface area contributed by atoms with Crippen LogP contribution in [-0.4, -0.2) is 85.8 Å². The highest BCUT2D eigenvalue weighted by Gasteiger charge is 2.25. The highest BCUT2D eigenvalue weighted by molar-refractivity contribution is 5.75. The zero-order valence-electron chi connectivity index (χ0n) is 21.8. The van der Waals surface area contributed by atoms with Crippen LogP contribution >= 0.6 is 0 Å². The number of nitrogens with one attached hydrogen (secondary N) is 2. The van der Waals surface area contributed by atoms with Gasteiger partial charge in [-0.05, 0) is 68.8 Å². The largest absolute Gasteiger partial charge is 0.378 e. The molecule has 0 atom stereocenters. The van der Waals surface area contributed by atoms with Crippen LogP contribution in [0.1, 0.15) is 45.4 Å². The van der Waals surface area contributed by atoms with Crippen LogP contribution in [0.4, 0.5) is 11.6 Å². The normalized spacial score (nSPS) is 23.6. The van der Waals surface area contributed by atoms with Gasteiger partial charge in [0.25, 0.3) is 0 Å². The number of nitrogens with zero attached hydrogens (tertiary/aromatic N) is 4. The van der Waals surface area contributed by atoms with Gasteiger partial charge in [-0.3, -0.25) is 9.69 Å². The molecule has 8 heteroatoms. The SMILES string of the molecule is CCC(=O)NC1CCC(CCN2CCN(c3cc(-c4ccc[nH]4)cc(N4CCOCC4)n3)CC2)CC1. The van der Waals surface area contributed by atoms with Crippen LogP contribution < -0.4 is 15.1 Å². The van der Waals surface area contributed by atoms with Crippen molar-refractivity contribution in [1.82, 2.24) is 20.2 Å². The summed E-state index contributed by atoms with van der Waals surface area (Å²) in [7, 11) is 0. The smallest absolute Gasteiger partial charge is 0.219 e. The van der Waals surface area contributed by atoms with Gasteiger partial charge in [0.15, 0.2) is 0 Å². The van der Waals surface area contributed by atoms with Crippen LogP contribution in [-0.2, 0) is 9.53 Å². The number of ether oxygens (including phenoxy) is 1. The summed E-state index contributed by atoms with van der Waals surface area (Å²) in [6, 6.07) is 9.02. The average molecular weight is 495 g/mol. The van der Waals surface area contributed by atoms with Crippen LogP contribution in [0.15, 0.2) is 30.5 Å². The number of piperazine rings is 1. The van der Waals surface area contributed by atoms with Gasteiger partial charge in [0.2, 0.25) is 5.91 Å². The average Bonchev–Trinajstić information content (AvgIpc) is 3.48. The summed E-state index contributed by atoms with van der Waals surface area (Å²) in [4.78, 5) is 27.6. The van der Waals surface area contributed by atoms with Gasteiger partial charge in [-0.1, -0.05) is 6.92 Å². The molecule has 8 nitrogen and oxygen atoms in total. The van der Waals surface area contributed by atoms with E-state index >= 15 is 0 Å². The third-order valence-corrected chi connectivity index (χ3v) is 8.13. The van der Waals surface area contributed by atoms with Crippen LogP contribution in [0, 0.1) is 5.92 Å². The fourth-order valence-corrected chi connectivity index (χ4v) is 5.77. The number of aromatic amines is 1. The first-order chi connectivity index (χ1) is 17.7. The summed E-state index contributed by atoms with van der Waals surface area (Å²) < 4.78 is 5.57. The first-order valence-corrected chi connectivity index (χ1v) is 13.9. The predicted molar refractivity (Wildman–Crippen MR) is 145 cm³/mol. The minimum Gasteiger partial charge on any atom is -0.378 e. The molecule has 5 rings (SSSR count). The summed E-state index contributed by atoms with van der Waals surface area (Å²) in [6.45, 7) is 10.6. The molecule has 1 amide bonds. The highest BCUT2D eigenvalue weighted by Crippen LogP contribution is 2.30. The standard InChI is InChI=1S/C28H42N6O2/c1-2-28(35)30-24-7-5-22(6-8-24)9-11-32-12-14-33(15-13-32)26-20-23(25-4-3-10-29-25)21-27(31-26)34-16-18-36-19-17-34/h3-4,10,20-22,24,29H,2,5-9,11-19H2,1H3,(H,30,35). The van der Waals surface area contributed by atoms with Crippen LogP contribution in [0.25, 0.3) is 11.3 Å². The minimum absolute atomic E-state index is 0.196. The highest BCUT2D eigenvalue weighted by atomic mass is 16.5. The summed E-state index contributed by atoms with van der Waals surface area (Å²) in [5.41, 5.74) is 2.33. The zero-order chi connectivity index (χ0) is 24.7. The van der Waals surface area contributed by atoms with Crippen molar-refractivity contribution in [3.05, 3.63) is 30.5 Å². The lowest BCUT2D eigenvalue weighted by molar-refractivity contribution is -0.121. The van der Waals surface area contributed by atoms with Gasteiger partial charge < -0.3 is 24.8 Å². The Labute approximate surface area is 215 Å². The zero-order valence-corrected chi connectivity index (χ0v) is 21.8. The van der Waals surface area contributed by atoms with Crippen molar-refractivity contribution in [3.63, 3.8) is 0 Å². The molecule has 4 heterocycles. The lowest BCUT2D eigenvalue weighted by Crippen LogP contribution is -2.47. The van der Waals surface area contributed by atoms with Crippen LogP contribution in [0.5, 0.6) is 0 Å². The lowest BCUT2D eigenvalue weighted by Gasteiger charge is -2.37. The number of amides is 1. The molecule has 0 bridgehead atoms. The Bertz CT molecular complexity index is 958. The Morgan fingerprint density at radius 2 is 1.72 bits per heavy atom. The molecule has 1 saturated carbocycles. The fraction of sp³-hybridized carbons (Fsp3) is 0.643. The quantitative estimate of drug-likeness (QED) is 0.585. The third-order valence-electron chi connectivity index (χ3n) is 8.13. The molecule has 2 aliphatic heterocycles. The van der Waals surface area contributed by atoms with E-state index in [1.807, 2.05) is 13.1 Å². The second kappa shape index (κ2) is 12.1. The van der Waals surface area contributed by atoms with Crippen molar-refractivity contribution >= 4 is 17.5 Å². The van der Waals surface area contributed by atoms with Crippen molar-refractivity contribution in [1.29, 1.82) is 0 Å². The summed E-state index contributed by atoms with van der Waals surface area (Å²) in [5.74, 6) is 3.12. The molecule has 0 radical (unpaired) electrons. The number of pyridine rings is 1. The number of carbonyl (C=O) groups excluding carboxylic acids is 1. The van der Waals surface area contributed by atoms with E-state index in [9.17, 15) is 4.79 Å². The van der Waals surface area contributed by atoms with Crippen molar-refractivity contribution in [2.45, 2.75) is 51.5 Å². The number of anilines is 2. The molecule has 2 N–H and O–H groups in total. The number of H-pyrrole nitrogens is 1. The summed E-state index contributed by atoms with van der Waals surface area (Å²) >= 11 is 0. The van der Waals surface area contributed by atoms with Gasteiger partial charge in [0.05, 0.1) is 13.2 Å². The molecule has 0 aromatic carbocycles. The molecule has 2 aromatic rings. The van der Waals surface area contributed by atoms with Crippen LogP contribution in [0.2, 0.25) is 0 Å². The van der Waals surface area contributed by atoms with Gasteiger partial charge in [-0.25, -0.2) is 4.98 Å². The Morgan fingerprint density at radius 3 is 2.36 bits per heavy atom. The molecular formula is C28H42N6O2. The van der Waals surface area contributed by atoms with Gasteiger partial charge in [-0.15, -0.1) is 0 Å². The van der Waals surface area contributed by atoms with Crippen LogP contribution in [0.3, 0.4) is 0 Å². The molecule has 0 unspecified atom stereocenters. The first-order valence-electron chi connectivity index (χ1n) is 13.9. The van der Waals surface area contributed by atoms with Crippen molar-refractivity contribution in [3.8, 4) is 11.3 Å². The van der Waals surface area contributed by atoms with Gasteiger partial charge in [0, 0.05) is 69.2 Å². The van der Waals surface area contributed by atoms with E-state index < -0.39 is 0 Å². The Kier molecular flexibility index (Phi) is 8.43. The van der Waals surface area contributed by atoms with Crippen molar-refractivity contribution in [2.24, 2.45) is 5.92 Å². The Hall–Kier alpha value is -2.58. The molecule has 2 aromatic heterocycles. The topological polar surface area (TPSA) is 76.7 Å². The van der Waals surface area contributed by atoms with Gasteiger partial charge in [0.1, 0.15) is 11.6 Å². The molecule has 0 spiro atoms. The molecule has 3 fully saturated rings. The monoisotopic (exact) mass is 494 g/mol. The molecule has 1 aliphatic carbocycles. The van der Waals surface area contributed by atoms with E-state index in [-0.39, 0.29) is 5.91 Å². The number of carbonyl (C=O) groups is 1. The third kappa shape index (κ3) is 6.40. The number of aromatic nitrogens is 2. The fourth-order valence-electron chi connectivity index (χ4n) is 5.77. The maximum absolute atomic E-state index is 11.7. The predicted octanol–water partition coefficient (Wildman–Crippen LogP) is 3.51. The molecule has 196 valence electrons. The van der Waals surface area contributed by atoms with E-state index in [1.54, 1.807) is 0 Å². The molecule has 36 heavy (non-hydrogen) atoms. The number of morpholine rings is 1. The summed E-state index contributed by atoms with van der Waals surface area (Å²) in [5, 5.41) is 3.18. The number of hydrogen-bond acceptors (Lipinski definition) is 6. The van der Waals surface area contributed by atoms with E-state index in [0.29, 0.717) is 12.5 Å². The maximum atomic E-state index is 11.7.